The standard InChI is InChI=1S/C25H31N9O/c1-5-19-14-34(21-12-24(35)30(4)22-15-32(10-8-26)29-25(21)22)20(6-2)13-33(19)17(3)18-7-9-31-16-27-28-23(31)11-18/h7,9,11-12,15-17,19-20H,5-6,10,13-14H2,1-4H3/t17-,19+,20-/m0/s1. The fraction of sp³-hybridized carbons (Fsp3) is 0.480. The van der Waals surface area contributed by atoms with Gasteiger partial charge in [-0.15, -0.1) is 10.2 Å². The summed E-state index contributed by atoms with van der Waals surface area (Å²) in [6, 6.07) is 8.87. The molecule has 0 N–H and O–H groups in total. The van der Waals surface area contributed by atoms with Crippen molar-refractivity contribution in [2.45, 2.75) is 58.3 Å². The summed E-state index contributed by atoms with van der Waals surface area (Å²) in [5.41, 5.74) is 4.39. The van der Waals surface area contributed by atoms with Gasteiger partial charge in [-0.25, -0.2) is 0 Å². The van der Waals surface area contributed by atoms with E-state index in [0.717, 1.165) is 48.3 Å². The maximum atomic E-state index is 12.9. The van der Waals surface area contributed by atoms with E-state index in [1.54, 1.807) is 34.9 Å². The molecule has 5 rings (SSSR count). The molecule has 10 nitrogen and oxygen atoms in total. The number of anilines is 1. The third-order valence-electron chi connectivity index (χ3n) is 7.46. The van der Waals surface area contributed by atoms with Crippen LogP contribution in [0.3, 0.4) is 0 Å². The molecule has 4 aromatic rings. The zero-order chi connectivity index (χ0) is 24.7. The molecule has 1 aliphatic heterocycles. The van der Waals surface area contributed by atoms with Crippen LogP contribution < -0.4 is 10.5 Å². The van der Waals surface area contributed by atoms with E-state index < -0.39 is 0 Å². The first-order valence-electron chi connectivity index (χ1n) is 12.2. The van der Waals surface area contributed by atoms with E-state index in [-0.39, 0.29) is 24.2 Å². The minimum atomic E-state index is -0.0654. The van der Waals surface area contributed by atoms with Gasteiger partial charge in [0, 0.05) is 50.5 Å². The Hall–Kier alpha value is -3.71. The molecule has 10 heteroatoms. The van der Waals surface area contributed by atoms with Crippen molar-refractivity contribution in [1.82, 2.24) is 33.8 Å². The number of rotatable bonds is 6. The molecule has 1 saturated heterocycles. The Labute approximate surface area is 204 Å². The average molecular weight is 474 g/mol. The van der Waals surface area contributed by atoms with Crippen molar-refractivity contribution >= 4 is 22.4 Å². The lowest BCUT2D eigenvalue weighted by Gasteiger charge is -2.49. The highest BCUT2D eigenvalue weighted by atomic mass is 16.1. The fourth-order valence-corrected chi connectivity index (χ4v) is 5.35. The second kappa shape index (κ2) is 9.15. The predicted molar refractivity (Wildman–Crippen MR) is 134 cm³/mol. The highest BCUT2D eigenvalue weighted by Crippen LogP contribution is 2.34. The minimum Gasteiger partial charge on any atom is -0.364 e. The van der Waals surface area contributed by atoms with E-state index >= 15 is 0 Å². The molecule has 0 spiro atoms. The van der Waals surface area contributed by atoms with Crippen molar-refractivity contribution in [1.29, 1.82) is 5.26 Å². The van der Waals surface area contributed by atoms with E-state index in [1.165, 1.54) is 5.56 Å². The molecule has 5 heterocycles. The number of nitrogens with zero attached hydrogens (tertiary/aromatic N) is 9. The second-order valence-electron chi connectivity index (χ2n) is 9.35. The number of piperazine rings is 1. The zero-order valence-corrected chi connectivity index (χ0v) is 20.7. The number of hydrogen-bond acceptors (Lipinski definition) is 7. The van der Waals surface area contributed by atoms with Crippen molar-refractivity contribution in [3.8, 4) is 6.07 Å². The zero-order valence-electron chi connectivity index (χ0n) is 20.7. The van der Waals surface area contributed by atoms with Crippen molar-refractivity contribution in [3.63, 3.8) is 0 Å². The largest absolute Gasteiger partial charge is 0.364 e. The van der Waals surface area contributed by atoms with E-state index in [0.29, 0.717) is 6.04 Å². The summed E-state index contributed by atoms with van der Waals surface area (Å²) in [4.78, 5) is 17.8. The summed E-state index contributed by atoms with van der Waals surface area (Å²) in [5, 5.41) is 22.1. The van der Waals surface area contributed by atoms with Gasteiger partial charge in [-0.2, -0.15) is 10.4 Å². The number of pyridine rings is 2. The number of aryl methyl sites for hydroxylation is 1. The van der Waals surface area contributed by atoms with Crippen molar-refractivity contribution in [2.75, 3.05) is 18.0 Å². The molecule has 182 valence electrons. The maximum absolute atomic E-state index is 12.9. The van der Waals surface area contributed by atoms with E-state index in [9.17, 15) is 4.79 Å². The first-order chi connectivity index (χ1) is 16.9. The van der Waals surface area contributed by atoms with Crippen LogP contribution in [0.5, 0.6) is 0 Å². The summed E-state index contributed by atoms with van der Waals surface area (Å²) in [6.45, 7) is 8.51. The van der Waals surface area contributed by atoms with E-state index in [2.05, 4.69) is 64.1 Å². The molecule has 1 fully saturated rings. The fourth-order valence-electron chi connectivity index (χ4n) is 5.35. The van der Waals surface area contributed by atoms with Gasteiger partial charge in [0.15, 0.2) is 5.65 Å². The summed E-state index contributed by atoms with van der Waals surface area (Å²) in [7, 11) is 1.75. The quantitative estimate of drug-likeness (QED) is 0.424. The minimum absolute atomic E-state index is 0.0654. The lowest BCUT2D eigenvalue weighted by Crippen LogP contribution is -2.58. The molecule has 0 bridgehead atoms. The molecule has 0 unspecified atom stereocenters. The number of nitriles is 1. The molecule has 0 aromatic carbocycles. The summed E-state index contributed by atoms with van der Waals surface area (Å²) in [5.74, 6) is 0. The summed E-state index contributed by atoms with van der Waals surface area (Å²) >= 11 is 0. The Morgan fingerprint density at radius 2 is 2.00 bits per heavy atom. The molecule has 0 saturated carbocycles. The Bertz CT molecular complexity index is 1460. The Morgan fingerprint density at radius 3 is 2.74 bits per heavy atom. The van der Waals surface area contributed by atoms with Crippen LogP contribution in [0.4, 0.5) is 5.69 Å². The maximum Gasteiger partial charge on any atom is 0.252 e. The third kappa shape index (κ3) is 3.96. The lowest BCUT2D eigenvalue weighted by molar-refractivity contribution is 0.101. The Kier molecular flexibility index (Phi) is 6.03. The van der Waals surface area contributed by atoms with Crippen molar-refractivity contribution in [3.05, 3.63) is 52.8 Å². The van der Waals surface area contributed by atoms with Crippen molar-refractivity contribution in [2.24, 2.45) is 7.05 Å². The van der Waals surface area contributed by atoms with Gasteiger partial charge in [0.25, 0.3) is 5.56 Å². The Morgan fingerprint density at radius 1 is 1.20 bits per heavy atom. The third-order valence-corrected chi connectivity index (χ3v) is 7.46. The molecule has 0 aliphatic carbocycles. The van der Waals surface area contributed by atoms with E-state index in [1.807, 2.05) is 10.6 Å². The summed E-state index contributed by atoms with van der Waals surface area (Å²) < 4.78 is 5.15. The topological polar surface area (TPSA) is 100 Å². The second-order valence-corrected chi connectivity index (χ2v) is 9.35. The van der Waals surface area contributed by atoms with Crippen LogP contribution >= 0.6 is 0 Å². The van der Waals surface area contributed by atoms with Crippen LogP contribution in [0.25, 0.3) is 16.7 Å². The highest BCUT2D eigenvalue weighted by Gasteiger charge is 2.36. The molecule has 3 atom stereocenters. The number of aromatic nitrogens is 6. The SMILES string of the molecule is CC[C@H]1CN([C@@H](C)c2ccn3cnnc3c2)[C@H](CC)CN1c1cc(=O)n(C)c2cn(CC#N)nc12. The first-order valence-corrected chi connectivity index (χ1v) is 12.2. The predicted octanol–water partition coefficient (Wildman–Crippen LogP) is 2.74. The van der Waals surface area contributed by atoms with Crippen LogP contribution in [-0.2, 0) is 13.6 Å². The Balaban J connectivity index is 1.51. The van der Waals surface area contributed by atoms with Gasteiger partial charge in [-0.1, -0.05) is 13.8 Å². The highest BCUT2D eigenvalue weighted by molar-refractivity contribution is 5.88. The number of fused-ring (bicyclic) bond motifs is 2. The molecular weight excluding hydrogens is 442 g/mol. The van der Waals surface area contributed by atoms with Gasteiger partial charge in [-0.05, 0) is 37.5 Å². The van der Waals surface area contributed by atoms with Crippen LogP contribution in [-0.4, -0.2) is 59.0 Å². The van der Waals surface area contributed by atoms with Crippen LogP contribution in [0.15, 0.2) is 41.7 Å². The monoisotopic (exact) mass is 473 g/mol. The smallest absolute Gasteiger partial charge is 0.252 e. The normalized spacial score (nSPS) is 19.9. The molecule has 4 aromatic heterocycles. The van der Waals surface area contributed by atoms with Crippen LogP contribution in [0.2, 0.25) is 0 Å². The van der Waals surface area contributed by atoms with Crippen molar-refractivity contribution < 1.29 is 0 Å². The van der Waals surface area contributed by atoms with Gasteiger partial charge in [0.2, 0.25) is 0 Å². The van der Waals surface area contributed by atoms with Crippen LogP contribution in [0.1, 0.15) is 45.2 Å². The average Bonchev–Trinajstić information content (AvgIpc) is 3.52. The first kappa shape index (κ1) is 23.1. The van der Waals surface area contributed by atoms with Gasteiger partial charge in [0.05, 0.1) is 23.5 Å². The number of hydrogen-bond donors (Lipinski definition) is 0. The molecule has 0 amide bonds. The van der Waals surface area contributed by atoms with Crippen LogP contribution in [0, 0.1) is 11.3 Å². The van der Waals surface area contributed by atoms with E-state index in [4.69, 9.17) is 5.26 Å². The molecule has 35 heavy (non-hydrogen) atoms. The molecule has 1 aliphatic rings. The molecular formula is C25H31N9O. The summed E-state index contributed by atoms with van der Waals surface area (Å²) in [6.07, 6.45) is 7.46. The molecule has 0 radical (unpaired) electrons. The van der Waals surface area contributed by atoms with Gasteiger partial charge in [0.1, 0.15) is 18.4 Å². The lowest BCUT2D eigenvalue weighted by atomic mass is 9.97. The van der Waals surface area contributed by atoms with Gasteiger partial charge < -0.3 is 9.47 Å². The van der Waals surface area contributed by atoms with Gasteiger partial charge >= 0.3 is 0 Å². The van der Waals surface area contributed by atoms with Gasteiger partial charge in [-0.3, -0.25) is 18.8 Å².